The largest absolute Gasteiger partial charge is 0.457 e. The molecule has 5 heteroatoms. The number of para-hydroxylation sites is 3. The number of ether oxygens (including phenoxy) is 1. The van der Waals surface area contributed by atoms with Crippen LogP contribution in [0.25, 0.3) is 38.8 Å². The van der Waals surface area contributed by atoms with Gasteiger partial charge in [-0.1, -0.05) is 130 Å². The van der Waals surface area contributed by atoms with E-state index in [1.807, 2.05) is 6.20 Å². The van der Waals surface area contributed by atoms with E-state index in [0.717, 1.165) is 28.4 Å². The van der Waals surface area contributed by atoms with E-state index in [9.17, 15) is 0 Å². The third-order valence-corrected chi connectivity index (χ3v) is 13.2. The summed E-state index contributed by atoms with van der Waals surface area (Å²) in [6, 6.07) is 51.5. The third-order valence-electron chi connectivity index (χ3n) is 13.2. The van der Waals surface area contributed by atoms with Gasteiger partial charge in [0.25, 0.3) is 0 Å². The van der Waals surface area contributed by atoms with E-state index in [-0.39, 0.29) is 10.8 Å². The highest BCUT2D eigenvalue weighted by molar-refractivity contribution is 6.09. The molecule has 61 heavy (non-hydrogen) atoms. The van der Waals surface area contributed by atoms with Crippen LogP contribution >= 0.6 is 0 Å². The van der Waals surface area contributed by atoms with E-state index in [4.69, 9.17) is 9.72 Å². The molecular formula is C56H57N4O+. The number of hydrogen-bond donors (Lipinski definition) is 0. The number of benzene rings is 6. The van der Waals surface area contributed by atoms with Crippen molar-refractivity contribution >= 4 is 44.6 Å². The van der Waals surface area contributed by atoms with Gasteiger partial charge in [-0.2, -0.15) is 9.18 Å². The monoisotopic (exact) mass is 801 g/mol. The molecule has 1 saturated heterocycles. The molecule has 2 aromatic heterocycles. The minimum absolute atomic E-state index is 0.0132. The van der Waals surface area contributed by atoms with Gasteiger partial charge in [0.2, 0.25) is 11.4 Å². The topological polar surface area (TPSA) is 27.1 Å². The van der Waals surface area contributed by atoms with Crippen molar-refractivity contribution < 1.29 is 4.74 Å². The fraction of sp³-hybridized carbons (Fsp3) is 0.250. The van der Waals surface area contributed by atoms with Gasteiger partial charge >= 0.3 is 0 Å². The molecule has 0 radical (unpaired) electrons. The highest BCUT2D eigenvalue weighted by atomic mass is 16.5. The molecule has 2 atom stereocenters. The van der Waals surface area contributed by atoms with Gasteiger partial charge < -0.3 is 4.74 Å². The van der Waals surface area contributed by atoms with E-state index in [2.05, 4.69) is 220 Å². The SMILES string of the molecule is CC(C)c1cccc(C(C)C)c1-c1cc(Oc2ccc3c4ccccc4n(-c4cc(C(C)(C)C)ccn4)c3c2)cc([N+]23[CH-][N@+]2(c2cccc(C(C)(C)C)c2)c2ccccc23)c1. The zero-order chi connectivity index (χ0) is 42.6. The molecule has 0 saturated carbocycles. The van der Waals surface area contributed by atoms with Crippen LogP contribution in [0.15, 0.2) is 146 Å². The lowest BCUT2D eigenvalue weighted by molar-refractivity contribution is 0.423. The zero-order valence-corrected chi connectivity index (χ0v) is 37.3. The van der Waals surface area contributed by atoms with Crippen LogP contribution in [-0.2, 0) is 10.8 Å². The second-order valence-electron chi connectivity index (χ2n) is 19.9. The predicted octanol–water partition coefficient (Wildman–Crippen LogP) is 15.8. The smallest absolute Gasteiger partial charge is 0.225 e. The van der Waals surface area contributed by atoms with Gasteiger partial charge in [0, 0.05) is 59.4 Å². The van der Waals surface area contributed by atoms with Gasteiger partial charge in [-0.05, 0) is 92.4 Å². The minimum atomic E-state index is -0.0132. The maximum Gasteiger partial charge on any atom is 0.225 e. The molecule has 0 N–H and O–H groups in total. The van der Waals surface area contributed by atoms with Crippen LogP contribution < -0.4 is 13.9 Å². The van der Waals surface area contributed by atoms with Crippen molar-refractivity contribution in [3.05, 3.63) is 175 Å². The van der Waals surface area contributed by atoms with Crippen LogP contribution in [0.2, 0.25) is 0 Å². The Morgan fingerprint density at radius 3 is 1.85 bits per heavy atom. The van der Waals surface area contributed by atoms with Crippen molar-refractivity contribution in [1.29, 1.82) is 0 Å². The number of rotatable bonds is 8. The first-order chi connectivity index (χ1) is 29.1. The standard InChI is InChI=1S/C56H57N4O/c1-36(2)45-20-16-21-46(37(3)4)54(45)38-29-42(60-35-59(60,51-23-13-14-24-52(51)60)41-18-15-17-39(31-41)55(5,6)7)33-44(30-38)61-43-25-26-48-47-19-11-12-22-49(47)58(50(48)34-43)53-32-40(27-28-57-53)56(8,9)10/h11-37H,1-10H3/q+1/t59-,60?/m0/s1. The summed E-state index contributed by atoms with van der Waals surface area (Å²) in [6.45, 7) is 25.4. The zero-order valence-electron chi connectivity index (χ0n) is 37.3. The van der Waals surface area contributed by atoms with E-state index in [1.54, 1.807) is 0 Å². The van der Waals surface area contributed by atoms with Crippen LogP contribution in [0.1, 0.15) is 103 Å². The quantitative estimate of drug-likeness (QED) is 0.0869. The van der Waals surface area contributed by atoms with Crippen LogP contribution in [0.4, 0.5) is 22.7 Å². The molecule has 1 fully saturated rings. The lowest BCUT2D eigenvalue weighted by atomic mass is 9.85. The van der Waals surface area contributed by atoms with E-state index >= 15 is 0 Å². The fourth-order valence-electron chi connectivity index (χ4n) is 9.91. The molecule has 0 spiro atoms. The first-order valence-corrected chi connectivity index (χ1v) is 21.9. The Hall–Kier alpha value is -6.01. The second kappa shape index (κ2) is 13.8. The molecule has 0 amide bonds. The summed E-state index contributed by atoms with van der Waals surface area (Å²) >= 11 is 0. The number of nitrogens with zero attached hydrogens (tertiary/aromatic N) is 4. The van der Waals surface area contributed by atoms with Crippen molar-refractivity contribution in [2.45, 2.75) is 91.9 Å². The molecule has 8 aromatic rings. The maximum absolute atomic E-state index is 7.16. The summed E-state index contributed by atoms with van der Waals surface area (Å²) in [5.41, 5.74) is 15.0. The third kappa shape index (κ3) is 6.00. The normalized spacial score (nSPS) is 18.4. The Morgan fingerprint density at radius 2 is 1.16 bits per heavy atom. The molecular weight excluding hydrogens is 745 g/mol. The first-order valence-electron chi connectivity index (χ1n) is 21.9. The van der Waals surface area contributed by atoms with E-state index in [1.165, 1.54) is 66.9 Å². The number of hydrogen-bond acceptors (Lipinski definition) is 2. The van der Waals surface area contributed by atoms with Crippen LogP contribution in [0, 0.1) is 6.67 Å². The number of fused-ring (bicyclic) bond motifs is 7. The van der Waals surface area contributed by atoms with Gasteiger partial charge in [-0.15, -0.1) is 0 Å². The Kier molecular flexibility index (Phi) is 8.83. The summed E-state index contributed by atoms with van der Waals surface area (Å²) in [7, 11) is 0. The van der Waals surface area contributed by atoms with E-state index < -0.39 is 0 Å². The Balaban J connectivity index is 1.18. The van der Waals surface area contributed by atoms with Crippen molar-refractivity contribution in [1.82, 2.24) is 18.7 Å². The lowest BCUT2D eigenvalue weighted by Crippen LogP contribution is -2.46. The molecule has 4 heterocycles. The molecule has 5 nitrogen and oxygen atoms in total. The summed E-state index contributed by atoms with van der Waals surface area (Å²) in [6.07, 6.45) is 1.94. The van der Waals surface area contributed by atoms with Crippen LogP contribution in [0.3, 0.4) is 0 Å². The molecule has 6 aromatic carbocycles. The first kappa shape index (κ1) is 39.1. The fourth-order valence-corrected chi connectivity index (χ4v) is 9.91. The Bertz CT molecular complexity index is 3000. The number of quaternary nitrogens is 2. The Morgan fingerprint density at radius 1 is 0.541 bits per heavy atom. The van der Waals surface area contributed by atoms with Gasteiger partial charge in [0.1, 0.15) is 17.3 Å². The molecule has 2 aliphatic rings. The summed E-state index contributed by atoms with van der Waals surface area (Å²) in [4.78, 5) is 4.94. The van der Waals surface area contributed by atoms with Crippen molar-refractivity contribution in [2.24, 2.45) is 0 Å². The van der Waals surface area contributed by atoms with Crippen LogP contribution in [0.5, 0.6) is 11.5 Å². The molecule has 0 aliphatic carbocycles. The summed E-state index contributed by atoms with van der Waals surface area (Å²) in [5.74, 6) is 3.19. The molecule has 306 valence electrons. The average molecular weight is 802 g/mol. The van der Waals surface area contributed by atoms with Gasteiger partial charge in [-0.3, -0.25) is 4.57 Å². The van der Waals surface area contributed by atoms with Crippen molar-refractivity contribution in [2.75, 3.05) is 0 Å². The van der Waals surface area contributed by atoms with Gasteiger partial charge in [0.15, 0.2) is 18.0 Å². The molecule has 10 rings (SSSR count). The van der Waals surface area contributed by atoms with E-state index in [0.29, 0.717) is 21.0 Å². The van der Waals surface area contributed by atoms with Crippen molar-refractivity contribution in [3.63, 3.8) is 0 Å². The summed E-state index contributed by atoms with van der Waals surface area (Å²) < 4.78 is 10.7. The highest BCUT2D eigenvalue weighted by Gasteiger charge is 2.78. The van der Waals surface area contributed by atoms with Gasteiger partial charge in [0.05, 0.1) is 11.0 Å². The highest BCUT2D eigenvalue weighted by Crippen LogP contribution is 2.75. The molecule has 2 aliphatic heterocycles. The molecule has 1 unspecified atom stereocenters. The van der Waals surface area contributed by atoms with Crippen LogP contribution in [-0.4, -0.2) is 9.55 Å². The number of aromatic nitrogens is 2. The van der Waals surface area contributed by atoms with Crippen molar-refractivity contribution in [3.8, 4) is 28.4 Å². The summed E-state index contributed by atoms with van der Waals surface area (Å²) in [5, 5.41) is 2.36. The maximum atomic E-state index is 7.16. The lowest BCUT2D eigenvalue weighted by Gasteiger charge is -2.40. The molecule has 0 bridgehead atoms. The number of pyridine rings is 1. The minimum Gasteiger partial charge on any atom is -0.457 e. The average Bonchev–Trinajstić information content (AvgIpc) is 3.73. The second-order valence-corrected chi connectivity index (χ2v) is 19.9. The Labute approximate surface area is 361 Å². The van der Waals surface area contributed by atoms with Gasteiger partial charge in [-0.25, -0.2) is 4.98 Å². The predicted molar refractivity (Wildman–Crippen MR) is 256 cm³/mol.